The van der Waals surface area contributed by atoms with Gasteiger partial charge < -0.3 is 9.47 Å². The van der Waals surface area contributed by atoms with E-state index >= 15 is 0 Å². The fourth-order valence-electron chi connectivity index (χ4n) is 1.61. The van der Waals surface area contributed by atoms with Crippen LogP contribution in [0.1, 0.15) is 30.1 Å². The maximum atomic E-state index is 12.4. The first kappa shape index (κ1) is 12.8. The van der Waals surface area contributed by atoms with Gasteiger partial charge >= 0.3 is 6.61 Å². The third-order valence-electron chi connectivity index (χ3n) is 2.74. The number of hydrogen-bond acceptors (Lipinski definition) is 3. The molecule has 1 fully saturated rings. The summed E-state index contributed by atoms with van der Waals surface area (Å²) in [5, 5.41) is 0. The van der Waals surface area contributed by atoms with Gasteiger partial charge in [-0.15, -0.1) is 0 Å². The van der Waals surface area contributed by atoms with E-state index < -0.39 is 6.61 Å². The standard InChI is InChI=1S/C13H14F2O3/c1-8(16)10-3-2-4-11(12(10)18-13(14)15)17-7-9-5-6-9/h2-4,9,13H,5-7H2,1H3. The first-order valence-electron chi connectivity index (χ1n) is 5.79. The fraction of sp³-hybridized carbons (Fsp3) is 0.462. The molecule has 0 bridgehead atoms. The molecule has 5 heteroatoms. The van der Waals surface area contributed by atoms with Gasteiger partial charge in [0.25, 0.3) is 0 Å². The molecule has 1 aromatic rings. The Hall–Kier alpha value is -1.65. The number of benzene rings is 1. The van der Waals surface area contributed by atoms with E-state index in [0.29, 0.717) is 12.5 Å². The Kier molecular flexibility index (Phi) is 3.79. The van der Waals surface area contributed by atoms with Crippen molar-refractivity contribution in [1.29, 1.82) is 0 Å². The number of carbonyl (C=O) groups excluding carboxylic acids is 1. The van der Waals surface area contributed by atoms with Gasteiger partial charge in [-0.05, 0) is 37.8 Å². The predicted octanol–water partition coefficient (Wildman–Crippen LogP) is 3.28. The number of carbonyl (C=O) groups is 1. The third kappa shape index (κ3) is 3.18. The topological polar surface area (TPSA) is 35.5 Å². The SMILES string of the molecule is CC(=O)c1cccc(OCC2CC2)c1OC(F)F. The normalized spacial score (nSPS) is 14.7. The first-order valence-corrected chi connectivity index (χ1v) is 5.79. The van der Waals surface area contributed by atoms with Crippen LogP contribution in [-0.2, 0) is 0 Å². The van der Waals surface area contributed by atoms with Gasteiger partial charge in [0, 0.05) is 0 Å². The average molecular weight is 256 g/mol. The number of hydrogen-bond donors (Lipinski definition) is 0. The minimum Gasteiger partial charge on any atom is -0.489 e. The van der Waals surface area contributed by atoms with Crippen LogP contribution in [0.15, 0.2) is 18.2 Å². The highest BCUT2D eigenvalue weighted by atomic mass is 19.3. The Labute approximate surface area is 104 Å². The highest BCUT2D eigenvalue weighted by Crippen LogP contribution is 2.35. The molecule has 1 aliphatic carbocycles. The van der Waals surface area contributed by atoms with Crippen molar-refractivity contribution in [2.24, 2.45) is 5.92 Å². The molecule has 0 spiro atoms. The van der Waals surface area contributed by atoms with E-state index in [4.69, 9.17) is 4.74 Å². The van der Waals surface area contributed by atoms with Crippen molar-refractivity contribution in [3.05, 3.63) is 23.8 Å². The molecule has 0 saturated heterocycles. The van der Waals surface area contributed by atoms with Gasteiger partial charge in [0.05, 0.1) is 12.2 Å². The van der Waals surface area contributed by atoms with Crippen molar-refractivity contribution in [1.82, 2.24) is 0 Å². The summed E-state index contributed by atoms with van der Waals surface area (Å²) >= 11 is 0. The van der Waals surface area contributed by atoms with Crippen LogP contribution in [0, 0.1) is 5.92 Å². The molecule has 0 amide bonds. The number of Topliss-reactive ketones (excluding diaryl/α,β-unsaturated/α-hetero) is 1. The van der Waals surface area contributed by atoms with E-state index in [1.807, 2.05) is 0 Å². The molecule has 0 atom stereocenters. The van der Waals surface area contributed by atoms with Gasteiger partial charge in [0.2, 0.25) is 0 Å². The summed E-state index contributed by atoms with van der Waals surface area (Å²) in [6.07, 6.45) is 2.19. The molecule has 0 radical (unpaired) electrons. The number of rotatable bonds is 6. The second-order valence-corrected chi connectivity index (χ2v) is 4.32. The molecule has 0 aliphatic heterocycles. The summed E-state index contributed by atoms with van der Waals surface area (Å²) in [6.45, 7) is -1.20. The lowest BCUT2D eigenvalue weighted by molar-refractivity contribution is -0.0518. The van der Waals surface area contributed by atoms with E-state index in [0.717, 1.165) is 12.8 Å². The molecule has 3 nitrogen and oxygen atoms in total. The molecule has 0 N–H and O–H groups in total. The van der Waals surface area contributed by atoms with Gasteiger partial charge in [-0.1, -0.05) is 6.07 Å². The Morgan fingerprint density at radius 1 is 1.44 bits per heavy atom. The monoisotopic (exact) mass is 256 g/mol. The summed E-state index contributed by atoms with van der Waals surface area (Å²) in [7, 11) is 0. The molecular weight excluding hydrogens is 242 g/mol. The quantitative estimate of drug-likeness (QED) is 0.733. The Balaban J connectivity index is 2.23. The van der Waals surface area contributed by atoms with Crippen LogP contribution in [0.4, 0.5) is 8.78 Å². The van der Waals surface area contributed by atoms with Crippen LogP contribution in [0.25, 0.3) is 0 Å². The van der Waals surface area contributed by atoms with Crippen LogP contribution >= 0.6 is 0 Å². The molecule has 1 aliphatic rings. The number of ether oxygens (including phenoxy) is 2. The summed E-state index contributed by atoms with van der Waals surface area (Å²) in [4.78, 5) is 11.4. The highest BCUT2D eigenvalue weighted by Gasteiger charge is 2.24. The summed E-state index contributed by atoms with van der Waals surface area (Å²) in [5.41, 5.74) is 0.114. The summed E-state index contributed by atoms with van der Waals surface area (Å²) in [6, 6.07) is 4.58. The van der Waals surface area contributed by atoms with Gasteiger partial charge in [-0.2, -0.15) is 8.78 Å². The smallest absolute Gasteiger partial charge is 0.387 e. The van der Waals surface area contributed by atoms with Gasteiger partial charge in [-0.25, -0.2) is 0 Å². The van der Waals surface area contributed by atoms with E-state index in [1.165, 1.54) is 19.1 Å². The molecule has 1 aromatic carbocycles. The molecule has 18 heavy (non-hydrogen) atoms. The molecule has 98 valence electrons. The zero-order valence-corrected chi connectivity index (χ0v) is 9.99. The second-order valence-electron chi connectivity index (χ2n) is 4.32. The minimum absolute atomic E-state index is 0.114. The zero-order valence-electron chi connectivity index (χ0n) is 9.99. The molecule has 2 rings (SSSR count). The van der Waals surface area contributed by atoms with Crippen molar-refractivity contribution in [2.75, 3.05) is 6.61 Å². The Morgan fingerprint density at radius 3 is 2.72 bits per heavy atom. The van der Waals surface area contributed by atoms with E-state index in [1.54, 1.807) is 6.07 Å². The predicted molar refractivity (Wildman–Crippen MR) is 61.3 cm³/mol. The Bertz CT molecular complexity index is 442. The fourth-order valence-corrected chi connectivity index (χ4v) is 1.61. The number of alkyl halides is 2. The lowest BCUT2D eigenvalue weighted by Gasteiger charge is -2.14. The maximum Gasteiger partial charge on any atom is 0.387 e. The largest absolute Gasteiger partial charge is 0.489 e. The highest BCUT2D eigenvalue weighted by molar-refractivity contribution is 5.97. The number of para-hydroxylation sites is 1. The number of ketones is 1. The zero-order chi connectivity index (χ0) is 13.1. The third-order valence-corrected chi connectivity index (χ3v) is 2.74. The number of halogens is 2. The molecular formula is C13H14F2O3. The molecule has 0 heterocycles. The second kappa shape index (κ2) is 5.33. The van der Waals surface area contributed by atoms with Crippen LogP contribution in [0.2, 0.25) is 0 Å². The summed E-state index contributed by atoms with van der Waals surface area (Å²) < 4.78 is 34.6. The van der Waals surface area contributed by atoms with Crippen LogP contribution in [0.3, 0.4) is 0 Å². The van der Waals surface area contributed by atoms with Crippen molar-refractivity contribution >= 4 is 5.78 Å². The average Bonchev–Trinajstić information content (AvgIpc) is 3.10. The van der Waals surface area contributed by atoms with Crippen LogP contribution < -0.4 is 9.47 Å². The van der Waals surface area contributed by atoms with Crippen molar-refractivity contribution in [3.8, 4) is 11.5 Å². The van der Waals surface area contributed by atoms with Gasteiger partial charge in [0.15, 0.2) is 17.3 Å². The first-order chi connectivity index (χ1) is 8.58. The van der Waals surface area contributed by atoms with Gasteiger partial charge in [0.1, 0.15) is 0 Å². The van der Waals surface area contributed by atoms with E-state index in [2.05, 4.69) is 4.74 Å². The molecule has 1 saturated carbocycles. The van der Waals surface area contributed by atoms with E-state index in [-0.39, 0.29) is 22.8 Å². The van der Waals surface area contributed by atoms with Crippen molar-refractivity contribution in [2.45, 2.75) is 26.4 Å². The molecule has 0 unspecified atom stereocenters. The van der Waals surface area contributed by atoms with Gasteiger partial charge in [-0.3, -0.25) is 4.79 Å². The van der Waals surface area contributed by atoms with E-state index in [9.17, 15) is 13.6 Å². The maximum absolute atomic E-state index is 12.4. The lowest BCUT2D eigenvalue weighted by Crippen LogP contribution is -2.09. The molecule has 0 aromatic heterocycles. The van der Waals surface area contributed by atoms with Crippen molar-refractivity contribution < 1.29 is 23.0 Å². The van der Waals surface area contributed by atoms with Crippen molar-refractivity contribution in [3.63, 3.8) is 0 Å². The Morgan fingerprint density at radius 2 is 2.17 bits per heavy atom. The van der Waals surface area contributed by atoms with Crippen LogP contribution in [-0.4, -0.2) is 19.0 Å². The minimum atomic E-state index is -2.98. The lowest BCUT2D eigenvalue weighted by atomic mass is 10.1. The van der Waals surface area contributed by atoms with Crippen LogP contribution in [0.5, 0.6) is 11.5 Å². The summed E-state index contributed by atoms with van der Waals surface area (Å²) in [5.74, 6) is 0.198.